The molecule has 1 aliphatic heterocycles. The highest BCUT2D eigenvalue weighted by atomic mass is 32.2. The monoisotopic (exact) mass is 448 g/mol. The van der Waals surface area contributed by atoms with Gasteiger partial charge in [0.2, 0.25) is 10.0 Å². The average molecular weight is 449 g/mol. The van der Waals surface area contributed by atoms with E-state index in [-0.39, 0.29) is 10.8 Å². The van der Waals surface area contributed by atoms with E-state index in [1.54, 1.807) is 30.0 Å². The summed E-state index contributed by atoms with van der Waals surface area (Å²) in [5.41, 5.74) is 0.986. The third kappa shape index (κ3) is 5.17. The maximum Gasteiger partial charge on any atom is 0.256 e. The van der Waals surface area contributed by atoms with Gasteiger partial charge in [0.15, 0.2) is 0 Å². The van der Waals surface area contributed by atoms with E-state index in [1.165, 1.54) is 10.4 Å². The lowest BCUT2D eigenvalue weighted by Gasteiger charge is -2.19. The van der Waals surface area contributed by atoms with Gasteiger partial charge in [-0.25, -0.2) is 8.42 Å². The summed E-state index contributed by atoms with van der Waals surface area (Å²) in [6.45, 7) is 7.32. The Hall–Kier alpha value is -2.03. The number of hydrogen-bond acceptors (Lipinski definition) is 5. The summed E-state index contributed by atoms with van der Waals surface area (Å²) in [4.78, 5) is 13.9. The van der Waals surface area contributed by atoms with Crippen LogP contribution in [0.2, 0.25) is 0 Å². The molecule has 0 atom stereocenters. The maximum atomic E-state index is 13.1. The molecule has 6 nitrogen and oxygen atoms in total. The molecule has 2 aromatic carbocycles. The first kappa shape index (κ1) is 22.7. The zero-order valence-electron chi connectivity index (χ0n) is 17.6. The lowest BCUT2D eigenvalue weighted by molar-refractivity contribution is 0.102. The predicted octanol–water partition coefficient (Wildman–Crippen LogP) is 4.62. The zero-order chi connectivity index (χ0) is 21.7. The minimum absolute atomic E-state index is 0.0916. The summed E-state index contributed by atoms with van der Waals surface area (Å²) in [6.07, 6.45) is 1.70. The summed E-state index contributed by atoms with van der Waals surface area (Å²) in [5, 5.41) is 3.19. The van der Waals surface area contributed by atoms with E-state index in [4.69, 9.17) is 4.74 Å². The first-order valence-corrected chi connectivity index (χ1v) is 12.5. The van der Waals surface area contributed by atoms with Crippen LogP contribution in [0.25, 0.3) is 0 Å². The normalized spacial score (nSPS) is 14.8. The summed E-state index contributed by atoms with van der Waals surface area (Å²) in [6, 6.07) is 12.2. The van der Waals surface area contributed by atoms with Crippen molar-refractivity contribution in [1.29, 1.82) is 0 Å². The third-order valence-electron chi connectivity index (χ3n) is 4.68. The van der Waals surface area contributed by atoms with Crippen molar-refractivity contribution in [2.24, 2.45) is 0 Å². The van der Waals surface area contributed by atoms with Crippen molar-refractivity contribution in [1.82, 2.24) is 4.31 Å². The van der Waals surface area contributed by atoms with E-state index in [9.17, 15) is 13.2 Å². The molecule has 162 valence electrons. The Labute approximate surface area is 183 Å². The van der Waals surface area contributed by atoms with Crippen LogP contribution < -0.4 is 10.1 Å². The van der Waals surface area contributed by atoms with Crippen LogP contribution in [-0.4, -0.2) is 43.6 Å². The van der Waals surface area contributed by atoms with Crippen LogP contribution in [0.4, 0.5) is 5.69 Å². The number of carbonyl (C=O) groups is 1. The molecule has 1 aliphatic rings. The minimum Gasteiger partial charge on any atom is -0.492 e. The molecule has 30 heavy (non-hydrogen) atoms. The van der Waals surface area contributed by atoms with E-state index in [0.717, 1.165) is 17.7 Å². The number of rotatable bonds is 8. The Bertz CT molecular complexity index is 1000. The van der Waals surface area contributed by atoms with Crippen LogP contribution in [-0.2, 0) is 10.0 Å². The molecule has 2 aromatic rings. The van der Waals surface area contributed by atoms with E-state index >= 15 is 0 Å². The number of benzene rings is 2. The van der Waals surface area contributed by atoms with Crippen molar-refractivity contribution in [3.05, 3.63) is 48.0 Å². The molecular weight excluding hydrogens is 420 g/mol. The van der Waals surface area contributed by atoms with Crippen molar-refractivity contribution in [3.63, 3.8) is 0 Å². The van der Waals surface area contributed by atoms with Crippen LogP contribution >= 0.6 is 11.8 Å². The Balaban J connectivity index is 1.91. The van der Waals surface area contributed by atoms with Crippen molar-refractivity contribution in [2.45, 2.75) is 48.7 Å². The van der Waals surface area contributed by atoms with Crippen molar-refractivity contribution >= 4 is 33.4 Å². The van der Waals surface area contributed by atoms with Crippen molar-refractivity contribution in [2.75, 3.05) is 25.0 Å². The van der Waals surface area contributed by atoms with Gasteiger partial charge >= 0.3 is 0 Å². The van der Waals surface area contributed by atoms with Crippen molar-refractivity contribution < 1.29 is 17.9 Å². The molecule has 0 unspecified atom stereocenters. The van der Waals surface area contributed by atoms with Crippen LogP contribution in [0, 0.1) is 0 Å². The predicted molar refractivity (Wildman–Crippen MR) is 121 cm³/mol. The Morgan fingerprint density at radius 3 is 2.53 bits per heavy atom. The number of amides is 1. The van der Waals surface area contributed by atoms with E-state index in [0.29, 0.717) is 41.9 Å². The second-order valence-corrected chi connectivity index (χ2v) is 10.8. The summed E-state index contributed by atoms with van der Waals surface area (Å²) in [7, 11) is -3.69. The molecule has 3 rings (SSSR count). The fourth-order valence-electron chi connectivity index (χ4n) is 3.34. The average Bonchev–Trinajstić information content (AvgIpc) is 3.25. The number of thioether (sulfide) groups is 1. The van der Waals surface area contributed by atoms with Gasteiger partial charge in [-0.3, -0.25) is 4.79 Å². The van der Waals surface area contributed by atoms with Crippen LogP contribution in [0.1, 0.15) is 44.0 Å². The topological polar surface area (TPSA) is 75.7 Å². The van der Waals surface area contributed by atoms with Gasteiger partial charge < -0.3 is 10.1 Å². The molecule has 0 saturated carbocycles. The number of nitrogens with zero attached hydrogens (tertiary/aromatic N) is 1. The number of sulfonamides is 1. The number of hydrogen-bond donors (Lipinski definition) is 1. The molecule has 0 aliphatic carbocycles. The first-order valence-electron chi connectivity index (χ1n) is 10.2. The fraction of sp³-hybridized carbons (Fsp3) is 0.409. The molecule has 1 fully saturated rings. The van der Waals surface area contributed by atoms with Gasteiger partial charge in [0.25, 0.3) is 5.91 Å². The first-order chi connectivity index (χ1) is 14.3. The highest BCUT2D eigenvalue weighted by molar-refractivity contribution is 8.00. The highest BCUT2D eigenvalue weighted by Crippen LogP contribution is 2.32. The molecule has 1 amide bonds. The molecule has 1 N–H and O–H groups in total. The molecule has 0 aromatic heterocycles. The summed E-state index contributed by atoms with van der Waals surface area (Å²) < 4.78 is 33.3. The van der Waals surface area contributed by atoms with E-state index < -0.39 is 10.0 Å². The molecule has 1 heterocycles. The van der Waals surface area contributed by atoms with Gasteiger partial charge in [0, 0.05) is 28.9 Å². The Kier molecular flexibility index (Phi) is 7.44. The number of anilines is 1. The number of nitrogens with one attached hydrogen (secondary N) is 1. The van der Waals surface area contributed by atoms with Gasteiger partial charge in [-0.1, -0.05) is 26.0 Å². The lowest BCUT2D eigenvalue weighted by Crippen LogP contribution is -2.28. The second kappa shape index (κ2) is 9.85. The van der Waals surface area contributed by atoms with Crippen LogP contribution in [0.5, 0.6) is 5.75 Å². The standard InChI is InChI=1S/C22H28N2O4S2/c1-4-28-19-12-11-17(15-21(19)30(26,27)24-13-7-8-14-24)23-22(25)18-9-5-6-10-20(18)29-16(2)3/h5-6,9-12,15-16H,4,7-8,13-14H2,1-3H3,(H,23,25). The van der Waals surface area contributed by atoms with E-state index in [1.807, 2.05) is 25.1 Å². The van der Waals surface area contributed by atoms with Crippen LogP contribution in [0.15, 0.2) is 52.3 Å². The largest absolute Gasteiger partial charge is 0.492 e. The van der Waals surface area contributed by atoms with Gasteiger partial charge in [0.05, 0.1) is 12.2 Å². The lowest BCUT2D eigenvalue weighted by atomic mass is 10.2. The third-order valence-corrected chi connectivity index (χ3v) is 7.68. The molecule has 8 heteroatoms. The van der Waals surface area contributed by atoms with Crippen molar-refractivity contribution in [3.8, 4) is 5.75 Å². The highest BCUT2D eigenvalue weighted by Gasteiger charge is 2.30. The van der Waals surface area contributed by atoms with Gasteiger partial charge in [-0.15, -0.1) is 11.8 Å². The molecule has 0 radical (unpaired) electrons. The van der Waals surface area contributed by atoms with E-state index in [2.05, 4.69) is 19.2 Å². The molecule has 1 saturated heterocycles. The minimum atomic E-state index is -3.69. The summed E-state index contributed by atoms with van der Waals surface area (Å²) in [5.74, 6) is 0.0330. The smallest absolute Gasteiger partial charge is 0.256 e. The number of ether oxygens (including phenoxy) is 1. The van der Waals surface area contributed by atoms with Gasteiger partial charge in [0.1, 0.15) is 10.6 Å². The SMILES string of the molecule is CCOc1ccc(NC(=O)c2ccccc2SC(C)C)cc1S(=O)(=O)N1CCCC1. The Morgan fingerprint density at radius 1 is 1.17 bits per heavy atom. The number of carbonyl (C=O) groups excluding carboxylic acids is 1. The van der Waals surface area contributed by atoms with Gasteiger partial charge in [-0.05, 0) is 50.1 Å². The quantitative estimate of drug-likeness (QED) is 0.596. The fourth-order valence-corrected chi connectivity index (χ4v) is 5.97. The maximum absolute atomic E-state index is 13.1. The Morgan fingerprint density at radius 2 is 1.87 bits per heavy atom. The zero-order valence-corrected chi connectivity index (χ0v) is 19.2. The molecule has 0 bridgehead atoms. The second-order valence-electron chi connectivity index (χ2n) is 7.32. The molecule has 0 spiro atoms. The van der Waals surface area contributed by atoms with Gasteiger partial charge in [-0.2, -0.15) is 4.31 Å². The van der Waals surface area contributed by atoms with Crippen LogP contribution in [0.3, 0.4) is 0 Å². The summed E-state index contributed by atoms with van der Waals surface area (Å²) >= 11 is 1.61. The molecular formula is C22H28N2O4S2.